The van der Waals surface area contributed by atoms with Gasteiger partial charge in [0, 0.05) is 15.9 Å². The highest BCUT2D eigenvalue weighted by atomic mass is 28.1. The number of nitrogens with zero attached hydrogens (tertiary/aromatic N) is 1. The third-order valence-corrected chi connectivity index (χ3v) is 4.76. The molecule has 2 heteroatoms. The number of para-hydroxylation sites is 2. The van der Waals surface area contributed by atoms with Gasteiger partial charge in [0.1, 0.15) is 0 Å². The van der Waals surface area contributed by atoms with Gasteiger partial charge < -0.3 is 4.90 Å². The fraction of sp³-hybridized carbons (Fsp3) is 0. The maximum atomic E-state index is 2.35. The maximum Gasteiger partial charge on any atom is 0.0534 e. The predicted octanol–water partition coefficient (Wildman–Crippen LogP) is 3.63. The van der Waals surface area contributed by atoms with Gasteiger partial charge in [-0.15, -0.1) is 0 Å². The van der Waals surface area contributed by atoms with Crippen LogP contribution in [-0.4, -0.2) is 10.2 Å². The molecule has 0 aliphatic carbocycles. The minimum Gasteiger partial charge on any atom is -0.309 e. The lowest BCUT2D eigenvalue weighted by molar-refractivity contribution is 1.28. The molecule has 0 bridgehead atoms. The Balaban J connectivity index is 1.99. The standard InChI is InChI=1S/C20H17NSi/c22-18-13-11-17(12-14-18)21-19-7-3-1-5-15(19)9-10-16-6-2-4-8-20(16)21/h1-14H,22H3. The normalized spacial score (nSPS) is 12.6. The Kier molecular flexibility index (Phi) is 3.17. The van der Waals surface area contributed by atoms with Crippen LogP contribution in [0.25, 0.3) is 12.2 Å². The van der Waals surface area contributed by atoms with Crippen molar-refractivity contribution in [3.05, 3.63) is 83.9 Å². The monoisotopic (exact) mass is 299 g/mol. The van der Waals surface area contributed by atoms with Crippen molar-refractivity contribution in [2.45, 2.75) is 0 Å². The Labute approximate surface area is 134 Å². The third-order valence-electron chi connectivity index (χ3n) is 4.09. The highest BCUT2D eigenvalue weighted by Crippen LogP contribution is 2.41. The maximum absolute atomic E-state index is 2.35. The van der Waals surface area contributed by atoms with E-state index >= 15 is 0 Å². The highest BCUT2D eigenvalue weighted by Gasteiger charge is 2.18. The summed E-state index contributed by atoms with van der Waals surface area (Å²) < 4.78 is 0. The molecule has 0 amide bonds. The summed E-state index contributed by atoms with van der Waals surface area (Å²) >= 11 is 0. The molecule has 1 nitrogen and oxygen atoms in total. The molecule has 1 aliphatic heterocycles. The molecule has 106 valence electrons. The third kappa shape index (κ3) is 2.18. The van der Waals surface area contributed by atoms with E-state index in [4.69, 9.17) is 0 Å². The first kappa shape index (κ1) is 13.1. The summed E-state index contributed by atoms with van der Waals surface area (Å²) in [4.78, 5) is 2.35. The second-order valence-corrected chi connectivity index (χ2v) is 6.78. The van der Waals surface area contributed by atoms with E-state index < -0.39 is 0 Å². The van der Waals surface area contributed by atoms with Gasteiger partial charge in [-0.25, -0.2) is 0 Å². The molecule has 0 N–H and O–H groups in total. The lowest BCUT2D eigenvalue weighted by atomic mass is 10.1. The van der Waals surface area contributed by atoms with Crippen LogP contribution in [0.2, 0.25) is 0 Å². The number of hydrogen-bond acceptors (Lipinski definition) is 1. The molecule has 0 unspecified atom stereocenters. The molecular weight excluding hydrogens is 282 g/mol. The van der Waals surface area contributed by atoms with Gasteiger partial charge in [0.25, 0.3) is 0 Å². The Morgan fingerprint density at radius 3 is 1.64 bits per heavy atom. The highest BCUT2D eigenvalue weighted by molar-refractivity contribution is 6.32. The molecule has 1 aliphatic rings. The molecular formula is C20H17NSi. The number of anilines is 3. The van der Waals surface area contributed by atoms with E-state index in [1.54, 1.807) is 0 Å². The van der Waals surface area contributed by atoms with Crippen molar-refractivity contribution in [2.24, 2.45) is 0 Å². The van der Waals surface area contributed by atoms with Crippen molar-refractivity contribution in [1.29, 1.82) is 0 Å². The van der Waals surface area contributed by atoms with Crippen LogP contribution in [0, 0.1) is 0 Å². The van der Waals surface area contributed by atoms with E-state index in [0.717, 1.165) is 10.2 Å². The van der Waals surface area contributed by atoms with E-state index in [1.807, 2.05) is 0 Å². The average molecular weight is 299 g/mol. The zero-order valence-corrected chi connectivity index (χ0v) is 14.5. The fourth-order valence-corrected chi connectivity index (χ4v) is 3.28. The van der Waals surface area contributed by atoms with E-state index in [0.29, 0.717) is 0 Å². The van der Waals surface area contributed by atoms with Gasteiger partial charge in [-0.2, -0.15) is 0 Å². The van der Waals surface area contributed by atoms with Crippen molar-refractivity contribution in [3.8, 4) is 0 Å². The molecule has 4 rings (SSSR count). The summed E-state index contributed by atoms with van der Waals surface area (Å²) in [6.07, 6.45) is 4.41. The van der Waals surface area contributed by atoms with Gasteiger partial charge in [-0.3, -0.25) is 0 Å². The molecule has 0 saturated heterocycles. The number of benzene rings is 3. The number of rotatable bonds is 1. The van der Waals surface area contributed by atoms with Gasteiger partial charge in [-0.05, 0) is 35.4 Å². The molecule has 3 aromatic rings. The molecule has 0 atom stereocenters. The van der Waals surface area contributed by atoms with Gasteiger partial charge in [-0.1, -0.05) is 65.9 Å². The van der Waals surface area contributed by atoms with Gasteiger partial charge in [0.05, 0.1) is 11.4 Å². The van der Waals surface area contributed by atoms with Gasteiger partial charge >= 0.3 is 0 Å². The topological polar surface area (TPSA) is 3.24 Å². The summed E-state index contributed by atoms with van der Waals surface area (Å²) in [5, 5.41) is 1.42. The second-order valence-electron chi connectivity index (χ2n) is 5.62. The predicted molar refractivity (Wildman–Crippen MR) is 99.6 cm³/mol. The first-order valence-electron chi connectivity index (χ1n) is 7.56. The molecule has 22 heavy (non-hydrogen) atoms. The van der Waals surface area contributed by atoms with Crippen LogP contribution >= 0.6 is 0 Å². The molecule has 0 radical (unpaired) electrons. The summed E-state index contributed by atoms with van der Waals surface area (Å²) in [5.74, 6) is 0. The largest absolute Gasteiger partial charge is 0.309 e. The zero-order valence-electron chi connectivity index (χ0n) is 12.5. The van der Waals surface area contributed by atoms with Gasteiger partial charge in [0.15, 0.2) is 0 Å². The van der Waals surface area contributed by atoms with E-state index in [1.165, 1.54) is 33.4 Å². The zero-order chi connectivity index (χ0) is 14.9. The quantitative estimate of drug-likeness (QED) is 0.485. The summed E-state index contributed by atoms with van der Waals surface area (Å²) in [7, 11) is 1.09. The first-order chi connectivity index (χ1) is 10.8. The van der Waals surface area contributed by atoms with Crippen molar-refractivity contribution < 1.29 is 0 Å². The average Bonchev–Trinajstić information content (AvgIpc) is 2.73. The SMILES string of the molecule is [SiH3]c1ccc(N2c3ccccc3C=Cc3ccccc32)cc1. The molecule has 0 aromatic heterocycles. The van der Waals surface area contributed by atoms with Crippen molar-refractivity contribution in [3.63, 3.8) is 0 Å². The summed E-state index contributed by atoms with van der Waals surface area (Å²) in [6.45, 7) is 0. The molecule has 0 fully saturated rings. The van der Waals surface area contributed by atoms with E-state index in [9.17, 15) is 0 Å². The second kappa shape index (κ2) is 5.32. The summed E-state index contributed by atoms with van der Waals surface area (Å²) in [6, 6.07) is 26.0. The first-order valence-corrected chi connectivity index (χ1v) is 8.56. The van der Waals surface area contributed by atoms with Crippen LogP contribution in [0.1, 0.15) is 11.1 Å². The lowest BCUT2D eigenvalue weighted by Gasteiger charge is -2.27. The van der Waals surface area contributed by atoms with Crippen LogP contribution in [0.4, 0.5) is 17.1 Å². The lowest BCUT2D eigenvalue weighted by Crippen LogP contribution is -2.12. The minimum absolute atomic E-state index is 1.09. The van der Waals surface area contributed by atoms with Crippen LogP contribution in [-0.2, 0) is 0 Å². The Hall–Kier alpha value is -2.58. The van der Waals surface area contributed by atoms with Crippen LogP contribution in [0.15, 0.2) is 72.8 Å². The van der Waals surface area contributed by atoms with Crippen LogP contribution in [0.5, 0.6) is 0 Å². The van der Waals surface area contributed by atoms with Crippen LogP contribution in [0.3, 0.4) is 0 Å². The molecule has 1 heterocycles. The van der Waals surface area contributed by atoms with E-state index in [2.05, 4.69) is 89.8 Å². The Morgan fingerprint density at radius 1 is 0.591 bits per heavy atom. The summed E-state index contributed by atoms with van der Waals surface area (Å²) in [5.41, 5.74) is 6.15. The minimum atomic E-state index is 1.09. The van der Waals surface area contributed by atoms with Gasteiger partial charge in [0.2, 0.25) is 0 Å². The molecule has 3 aromatic carbocycles. The Morgan fingerprint density at radius 2 is 1.09 bits per heavy atom. The van der Waals surface area contributed by atoms with Crippen molar-refractivity contribution >= 4 is 44.6 Å². The Bertz CT molecular complexity index is 800. The van der Waals surface area contributed by atoms with Crippen LogP contribution < -0.4 is 10.1 Å². The fourth-order valence-electron chi connectivity index (χ4n) is 2.95. The number of hydrogen-bond donors (Lipinski definition) is 0. The van der Waals surface area contributed by atoms with E-state index in [-0.39, 0.29) is 0 Å². The molecule has 0 saturated carbocycles. The number of fused-ring (bicyclic) bond motifs is 2. The van der Waals surface area contributed by atoms with Crippen molar-refractivity contribution in [2.75, 3.05) is 4.90 Å². The smallest absolute Gasteiger partial charge is 0.0534 e. The van der Waals surface area contributed by atoms with Crippen molar-refractivity contribution in [1.82, 2.24) is 0 Å². The molecule has 0 spiro atoms.